The molecule has 1 saturated heterocycles. The van der Waals surface area contributed by atoms with Crippen molar-refractivity contribution in [1.82, 2.24) is 4.90 Å². The number of amides is 2. The summed E-state index contributed by atoms with van der Waals surface area (Å²) in [6.45, 7) is 6.32. The third-order valence-electron chi connectivity index (χ3n) is 5.18. The van der Waals surface area contributed by atoms with Gasteiger partial charge in [-0.2, -0.15) is 0 Å². The molecule has 1 atom stereocenters. The average molecular weight is 380 g/mol. The number of aryl methyl sites for hydroxylation is 1. The Hall–Kier alpha value is -2.66. The Morgan fingerprint density at radius 3 is 2.50 bits per heavy atom. The molecule has 3 rings (SSSR count). The normalized spacial score (nSPS) is 17.7. The molecule has 1 aliphatic heterocycles. The molecule has 1 fully saturated rings. The molecule has 1 aliphatic rings. The predicted molar refractivity (Wildman–Crippen MR) is 110 cm³/mol. The summed E-state index contributed by atoms with van der Waals surface area (Å²) in [6.07, 6.45) is 1.32. The first-order valence-corrected chi connectivity index (χ1v) is 9.75. The fraction of sp³-hybridized carbons (Fsp3) is 0.391. The third-order valence-corrected chi connectivity index (χ3v) is 5.18. The third kappa shape index (κ3) is 4.60. The van der Waals surface area contributed by atoms with E-state index < -0.39 is 11.6 Å². The van der Waals surface area contributed by atoms with E-state index in [0.29, 0.717) is 31.5 Å². The molecule has 148 valence electrons. The van der Waals surface area contributed by atoms with E-state index in [9.17, 15) is 14.7 Å². The minimum Gasteiger partial charge on any atom is -0.390 e. The standard InChI is InChI=1S/C23H28N2O3/c1-17-21(26)25(20-10-5-4-6-11-20)15-14-24(17)22(27)19-9-7-8-18(16-19)12-13-23(2,3)28/h4-11,16-17,28H,12-15H2,1-3H3/t17-/m0/s1. The van der Waals surface area contributed by atoms with Crippen LogP contribution in [0.2, 0.25) is 0 Å². The molecule has 1 N–H and O–H groups in total. The van der Waals surface area contributed by atoms with Crippen LogP contribution < -0.4 is 4.90 Å². The van der Waals surface area contributed by atoms with Crippen molar-refractivity contribution in [3.63, 3.8) is 0 Å². The molecule has 28 heavy (non-hydrogen) atoms. The first-order chi connectivity index (χ1) is 13.3. The van der Waals surface area contributed by atoms with E-state index >= 15 is 0 Å². The molecule has 1 heterocycles. The van der Waals surface area contributed by atoms with Crippen molar-refractivity contribution in [2.45, 2.75) is 45.3 Å². The van der Waals surface area contributed by atoms with Crippen molar-refractivity contribution in [3.8, 4) is 0 Å². The van der Waals surface area contributed by atoms with Gasteiger partial charge in [-0.1, -0.05) is 30.3 Å². The van der Waals surface area contributed by atoms with Crippen molar-refractivity contribution in [2.75, 3.05) is 18.0 Å². The van der Waals surface area contributed by atoms with Gasteiger partial charge in [0.15, 0.2) is 0 Å². The number of piperazine rings is 1. The minimum atomic E-state index is -0.741. The van der Waals surface area contributed by atoms with Crippen LogP contribution in [0.3, 0.4) is 0 Å². The highest BCUT2D eigenvalue weighted by Crippen LogP contribution is 2.22. The number of hydrogen-bond acceptors (Lipinski definition) is 3. The summed E-state index contributed by atoms with van der Waals surface area (Å²) in [6, 6.07) is 16.5. The number of para-hydroxylation sites is 1. The number of benzene rings is 2. The summed E-state index contributed by atoms with van der Waals surface area (Å²) in [5.41, 5.74) is 1.71. The summed E-state index contributed by atoms with van der Waals surface area (Å²) < 4.78 is 0. The van der Waals surface area contributed by atoms with E-state index in [1.807, 2.05) is 48.5 Å². The molecule has 0 aromatic heterocycles. The highest BCUT2D eigenvalue weighted by Gasteiger charge is 2.35. The predicted octanol–water partition coefficient (Wildman–Crippen LogP) is 3.27. The highest BCUT2D eigenvalue weighted by atomic mass is 16.3. The molecule has 0 unspecified atom stereocenters. The lowest BCUT2D eigenvalue weighted by molar-refractivity contribution is -0.124. The van der Waals surface area contributed by atoms with Crippen molar-refractivity contribution in [2.24, 2.45) is 0 Å². The zero-order valence-electron chi connectivity index (χ0n) is 16.8. The fourth-order valence-corrected chi connectivity index (χ4v) is 3.49. The van der Waals surface area contributed by atoms with Crippen LogP contribution >= 0.6 is 0 Å². The van der Waals surface area contributed by atoms with Gasteiger partial charge >= 0.3 is 0 Å². The van der Waals surface area contributed by atoms with Crippen LogP contribution in [0.15, 0.2) is 54.6 Å². The molecule has 0 spiro atoms. The van der Waals surface area contributed by atoms with Gasteiger partial charge in [0.25, 0.3) is 5.91 Å². The molecule has 0 bridgehead atoms. The summed E-state index contributed by atoms with van der Waals surface area (Å²) >= 11 is 0. The maximum atomic E-state index is 13.1. The molecule has 2 aromatic carbocycles. The second-order valence-corrected chi connectivity index (χ2v) is 8.01. The SMILES string of the molecule is C[C@H]1C(=O)N(c2ccccc2)CCN1C(=O)c1cccc(CCC(C)(C)O)c1. The fourth-order valence-electron chi connectivity index (χ4n) is 3.49. The molecule has 0 saturated carbocycles. The first-order valence-electron chi connectivity index (χ1n) is 9.75. The molecule has 5 heteroatoms. The summed E-state index contributed by atoms with van der Waals surface area (Å²) in [4.78, 5) is 29.3. The first kappa shape index (κ1) is 20.1. The number of aliphatic hydroxyl groups is 1. The van der Waals surface area contributed by atoms with E-state index in [1.54, 1.807) is 36.6 Å². The van der Waals surface area contributed by atoms with Crippen LogP contribution in [0.4, 0.5) is 5.69 Å². The van der Waals surface area contributed by atoms with E-state index in [4.69, 9.17) is 0 Å². The highest BCUT2D eigenvalue weighted by molar-refractivity contribution is 6.03. The molecule has 2 amide bonds. The monoisotopic (exact) mass is 380 g/mol. The summed E-state index contributed by atoms with van der Waals surface area (Å²) in [7, 11) is 0. The maximum absolute atomic E-state index is 13.1. The van der Waals surface area contributed by atoms with E-state index in [1.165, 1.54) is 0 Å². The number of nitrogens with zero attached hydrogens (tertiary/aromatic N) is 2. The number of carbonyl (C=O) groups excluding carboxylic acids is 2. The van der Waals surface area contributed by atoms with Crippen LogP contribution in [0.5, 0.6) is 0 Å². The second-order valence-electron chi connectivity index (χ2n) is 8.01. The van der Waals surface area contributed by atoms with Crippen molar-refractivity contribution < 1.29 is 14.7 Å². The minimum absolute atomic E-state index is 0.0658. The van der Waals surface area contributed by atoms with Crippen LogP contribution in [0.25, 0.3) is 0 Å². The molecule has 2 aromatic rings. The van der Waals surface area contributed by atoms with Gasteiger partial charge in [0, 0.05) is 24.3 Å². The Morgan fingerprint density at radius 2 is 1.82 bits per heavy atom. The zero-order valence-corrected chi connectivity index (χ0v) is 16.8. The molecule has 5 nitrogen and oxygen atoms in total. The number of rotatable bonds is 5. The summed E-state index contributed by atoms with van der Waals surface area (Å²) in [5.74, 6) is -0.192. The van der Waals surface area contributed by atoms with E-state index in [0.717, 1.165) is 11.3 Å². The van der Waals surface area contributed by atoms with Crippen molar-refractivity contribution >= 4 is 17.5 Å². The summed E-state index contributed by atoms with van der Waals surface area (Å²) in [5, 5.41) is 9.93. The number of anilines is 1. The van der Waals surface area contributed by atoms with Gasteiger partial charge < -0.3 is 14.9 Å². The molecular weight excluding hydrogens is 352 g/mol. The lowest BCUT2D eigenvalue weighted by atomic mass is 9.97. The van der Waals surface area contributed by atoms with Crippen LogP contribution in [0.1, 0.15) is 43.1 Å². The zero-order chi connectivity index (χ0) is 20.3. The largest absolute Gasteiger partial charge is 0.390 e. The van der Waals surface area contributed by atoms with Gasteiger partial charge in [-0.3, -0.25) is 9.59 Å². The second kappa shape index (κ2) is 8.15. The molecule has 0 aliphatic carbocycles. The van der Waals surface area contributed by atoms with Crippen molar-refractivity contribution in [1.29, 1.82) is 0 Å². The van der Waals surface area contributed by atoms with Gasteiger partial charge in [-0.15, -0.1) is 0 Å². The Bertz CT molecular complexity index is 842. The van der Waals surface area contributed by atoms with Gasteiger partial charge in [0.05, 0.1) is 5.60 Å². The average Bonchev–Trinajstić information content (AvgIpc) is 2.68. The van der Waals surface area contributed by atoms with Gasteiger partial charge in [0.1, 0.15) is 6.04 Å². The van der Waals surface area contributed by atoms with Gasteiger partial charge in [0.2, 0.25) is 5.91 Å². The van der Waals surface area contributed by atoms with E-state index in [-0.39, 0.29) is 11.8 Å². The molecule has 0 radical (unpaired) electrons. The van der Waals surface area contributed by atoms with Crippen molar-refractivity contribution in [3.05, 3.63) is 65.7 Å². The van der Waals surface area contributed by atoms with Gasteiger partial charge in [-0.05, 0) is 63.4 Å². The lowest BCUT2D eigenvalue weighted by Gasteiger charge is -2.39. The smallest absolute Gasteiger partial charge is 0.254 e. The maximum Gasteiger partial charge on any atom is 0.254 e. The van der Waals surface area contributed by atoms with Crippen LogP contribution in [-0.2, 0) is 11.2 Å². The topological polar surface area (TPSA) is 60.9 Å². The molecular formula is C23H28N2O3. The number of carbonyl (C=O) groups is 2. The van der Waals surface area contributed by atoms with Gasteiger partial charge in [-0.25, -0.2) is 0 Å². The number of hydrogen-bond donors (Lipinski definition) is 1. The Labute approximate surface area is 166 Å². The Kier molecular flexibility index (Phi) is 5.84. The Balaban J connectivity index is 1.72. The Morgan fingerprint density at radius 1 is 1.11 bits per heavy atom. The van der Waals surface area contributed by atoms with Crippen LogP contribution in [0, 0.1) is 0 Å². The van der Waals surface area contributed by atoms with Crippen LogP contribution in [-0.4, -0.2) is 46.6 Å². The van der Waals surface area contributed by atoms with E-state index in [2.05, 4.69) is 0 Å². The quantitative estimate of drug-likeness (QED) is 0.866. The lowest BCUT2D eigenvalue weighted by Crippen LogP contribution is -2.57.